The normalized spacial score (nSPS) is 23.2. The summed E-state index contributed by atoms with van der Waals surface area (Å²) in [5, 5.41) is 12.0. The molecule has 2 bridgehead atoms. The van der Waals surface area contributed by atoms with E-state index in [1.807, 2.05) is 54.6 Å². The van der Waals surface area contributed by atoms with Crippen LogP contribution in [0.15, 0.2) is 91.0 Å². The highest BCUT2D eigenvalue weighted by Crippen LogP contribution is 2.55. The highest BCUT2D eigenvalue weighted by molar-refractivity contribution is 5.39. The molecule has 0 aliphatic carbocycles. The van der Waals surface area contributed by atoms with E-state index in [0.717, 1.165) is 50.0 Å². The molecule has 3 aromatic carbocycles. The van der Waals surface area contributed by atoms with E-state index in [1.54, 1.807) is 0 Å². The molecular formula is C27H31NO. The summed E-state index contributed by atoms with van der Waals surface area (Å²) in [4.78, 5) is 2.53. The third-order valence-electron chi connectivity index (χ3n) is 6.81. The van der Waals surface area contributed by atoms with Crippen LogP contribution in [0.25, 0.3) is 0 Å². The van der Waals surface area contributed by atoms with Crippen molar-refractivity contribution in [3.63, 3.8) is 0 Å². The second-order valence-electron chi connectivity index (χ2n) is 8.47. The van der Waals surface area contributed by atoms with Crippen molar-refractivity contribution in [3.8, 4) is 0 Å². The molecule has 3 aliphatic rings. The average Bonchev–Trinajstić information content (AvgIpc) is 2.82. The van der Waals surface area contributed by atoms with Crippen molar-refractivity contribution in [2.45, 2.75) is 31.8 Å². The molecule has 2 heteroatoms. The van der Waals surface area contributed by atoms with Gasteiger partial charge in [-0.2, -0.15) is 0 Å². The van der Waals surface area contributed by atoms with Crippen LogP contribution < -0.4 is 0 Å². The lowest BCUT2D eigenvalue weighted by Gasteiger charge is -2.56. The van der Waals surface area contributed by atoms with Crippen LogP contribution in [0.2, 0.25) is 0 Å². The van der Waals surface area contributed by atoms with E-state index in [2.05, 4.69) is 48.2 Å². The predicted octanol–water partition coefficient (Wildman–Crippen LogP) is 5.40. The zero-order chi connectivity index (χ0) is 20.2. The molecule has 0 radical (unpaired) electrons. The Morgan fingerprint density at radius 1 is 0.655 bits per heavy atom. The Morgan fingerprint density at radius 3 is 1.38 bits per heavy atom. The Bertz CT molecular complexity index is 830. The van der Waals surface area contributed by atoms with E-state index in [0.29, 0.717) is 0 Å². The number of aryl methyl sites for hydroxylation is 1. The second-order valence-corrected chi connectivity index (χ2v) is 8.47. The summed E-state index contributed by atoms with van der Waals surface area (Å²) >= 11 is 0. The molecule has 29 heavy (non-hydrogen) atoms. The first-order valence-corrected chi connectivity index (χ1v) is 10.7. The van der Waals surface area contributed by atoms with Crippen molar-refractivity contribution in [1.82, 2.24) is 4.90 Å². The smallest absolute Gasteiger partial charge is 0.120 e. The number of hydrogen-bond acceptors (Lipinski definition) is 2. The summed E-state index contributed by atoms with van der Waals surface area (Å²) in [5.74, 6) is 0. The summed E-state index contributed by atoms with van der Waals surface area (Å²) in [7, 11) is 0. The fraction of sp³-hybridized carbons (Fsp3) is 0.333. The molecule has 0 spiro atoms. The maximum Gasteiger partial charge on any atom is 0.120 e. The zero-order valence-electron chi connectivity index (χ0n) is 17.3. The van der Waals surface area contributed by atoms with Crippen LogP contribution >= 0.6 is 0 Å². The Morgan fingerprint density at radius 2 is 1.03 bits per heavy atom. The van der Waals surface area contributed by atoms with Crippen LogP contribution in [0.1, 0.15) is 36.0 Å². The number of fused-ring (bicyclic) bond motifs is 3. The lowest BCUT2D eigenvalue weighted by atomic mass is 9.57. The van der Waals surface area contributed by atoms with Crippen molar-refractivity contribution in [2.24, 2.45) is 5.41 Å². The Kier molecular flexibility index (Phi) is 5.84. The van der Waals surface area contributed by atoms with Gasteiger partial charge in [-0.05, 0) is 56.9 Å². The van der Waals surface area contributed by atoms with Gasteiger partial charge in [0, 0.05) is 5.41 Å². The fourth-order valence-electron chi connectivity index (χ4n) is 5.04. The van der Waals surface area contributed by atoms with Crippen LogP contribution in [0.3, 0.4) is 0 Å². The molecule has 3 saturated heterocycles. The van der Waals surface area contributed by atoms with E-state index in [9.17, 15) is 5.11 Å². The van der Waals surface area contributed by atoms with E-state index in [1.165, 1.54) is 5.56 Å². The van der Waals surface area contributed by atoms with Crippen molar-refractivity contribution in [2.75, 3.05) is 19.6 Å². The average molecular weight is 386 g/mol. The maximum atomic E-state index is 12.0. The minimum Gasteiger partial charge on any atom is -0.380 e. The topological polar surface area (TPSA) is 23.5 Å². The lowest BCUT2D eigenvalue weighted by Crippen LogP contribution is -2.58. The Labute approximate surface area is 174 Å². The van der Waals surface area contributed by atoms with Crippen LogP contribution in [0.4, 0.5) is 0 Å². The van der Waals surface area contributed by atoms with Gasteiger partial charge in [0.2, 0.25) is 0 Å². The van der Waals surface area contributed by atoms with Gasteiger partial charge in [0.05, 0.1) is 0 Å². The molecule has 6 rings (SSSR count). The van der Waals surface area contributed by atoms with Gasteiger partial charge in [-0.3, -0.25) is 0 Å². The SMILES string of the molecule is Cc1ccccc1.OC(c1ccccc1)(c1ccccc1)C12CCN(CC1)CC2. The van der Waals surface area contributed by atoms with Crippen molar-refractivity contribution in [3.05, 3.63) is 108 Å². The van der Waals surface area contributed by atoms with Crippen LogP contribution in [-0.4, -0.2) is 29.6 Å². The van der Waals surface area contributed by atoms with Gasteiger partial charge in [0.25, 0.3) is 0 Å². The Balaban J connectivity index is 0.000000249. The summed E-state index contributed by atoms with van der Waals surface area (Å²) in [6.45, 7) is 5.42. The van der Waals surface area contributed by atoms with E-state index in [-0.39, 0.29) is 5.41 Å². The third kappa shape index (κ3) is 3.88. The molecule has 0 unspecified atom stereocenters. The lowest BCUT2D eigenvalue weighted by molar-refractivity contribution is -0.125. The largest absolute Gasteiger partial charge is 0.380 e. The summed E-state index contributed by atoms with van der Waals surface area (Å²) in [6.07, 6.45) is 3.23. The second kappa shape index (κ2) is 8.52. The molecule has 150 valence electrons. The summed E-state index contributed by atoms with van der Waals surface area (Å²) < 4.78 is 0. The molecule has 2 nitrogen and oxygen atoms in total. The minimum absolute atomic E-state index is 0.0372. The van der Waals surface area contributed by atoms with Crippen LogP contribution in [0, 0.1) is 12.3 Å². The van der Waals surface area contributed by atoms with Gasteiger partial charge in [-0.15, -0.1) is 0 Å². The van der Waals surface area contributed by atoms with Crippen LogP contribution in [-0.2, 0) is 5.60 Å². The van der Waals surface area contributed by atoms with E-state index >= 15 is 0 Å². The molecule has 0 amide bonds. The molecule has 0 aromatic heterocycles. The number of piperidine rings is 3. The highest BCUT2D eigenvalue weighted by Gasteiger charge is 2.55. The molecular weight excluding hydrogens is 354 g/mol. The number of benzene rings is 3. The van der Waals surface area contributed by atoms with Crippen molar-refractivity contribution >= 4 is 0 Å². The summed E-state index contributed by atoms with van der Waals surface area (Å²) in [5.41, 5.74) is 2.47. The fourth-order valence-corrected chi connectivity index (χ4v) is 5.04. The van der Waals surface area contributed by atoms with E-state index in [4.69, 9.17) is 0 Å². The number of aliphatic hydroxyl groups is 1. The first-order valence-electron chi connectivity index (χ1n) is 10.7. The molecule has 3 aliphatic heterocycles. The maximum absolute atomic E-state index is 12.0. The minimum atomic E-state index is -0.887. The monoisotopic (exact) mass is 385 g/mol. The molecule has 3 aromatic rings. The first kappa shape index (κ1) is 19.9. The number of nitrogens with zero attached hydrogens (tertiary/aromatic N) is 1. The van der Waals surface area contributed by atoms with Crippen molar-refractivity contribution < 1.29 is 5.11 Å². The predicted molar refractivity (Wildman–Crippen MR) is 120 cm³/mol. The van der Waals surface area contributed by atoms with Gasteiger partial charge < -0.3 is 10.0 Å². The number of rotatable bonds is 3. The van der Waals surface area contributed by atoms with Gasteiger partial charge in [0.1, 0.15) is 5.60 Å². The first-order chi connectivity index (χ1) is 14.1. The zero-order valence-corrected chi connectivity index (χ0v) is 17.3. The van der Waals surface area contributed by atoms with Gasteiger partial charge in [0.15, 0.2) is 0 Å². The van der Waals surface area contributed by atoms with Gasteiger partial charge >= 0.3 is 0 Å². The standard InChI is InChI=1S/C20H23NO.C7H8/c22-20(17-7-3-1-4-8-17,18-9-5-2-6-10-18)19-11-14-21(15-12-19)16-13-19;1-7-5-3-2-4-6-7/h1-10,22H,11-16H2;2-6H,1H3. The molecule has 0 saturated carbocycles. The molecule has 0 atom stereocenters. The summed E-state index contributed by atoms with van der Waals surface area (Å²) in [6, 6.07) is 30.8. The highest BCUT2D eigenvalue weighted by atomic mass is 16.3. The number of hydrogen-bond donors (Lipinski definition) is 1. The van der Waals surface area contributed by atoms with Crippen molar-refractivity contribution in [1.29, 1.82) is 0 Å². The molecule has 3 heterocycles. The molecule has 3 fully saturated rings. The quantitative estimate of drug-likeness (QED) is 0.652. The molecule has 1 N–H and O–H groups in total. The van der Waals surface area contributed by atoms with Crippen LogP contribution in [0.5, 0.6) is 0 Å². The van der Waals surface area contributed by atoms with E-state index < -0.39 is 5.60 Å². The Hall–Kier alpha value is -2.42. The third-order valence-corrected chi connectivity index (χ3v) is 6.81. The van der Waals surface area contributed by atoms with Gasteiger partial charge in [-0.25, -0.2) is 0 Å². The van der Waals surface area contributed by atoms with Gasteiger partial charge in [-0.1, -0.05) is 96.6 Å².